The van der Waals surface area contributed by atoms with Gasteiger partial charge in [-0.15, -0.1) is 22.9 Å². The van der Waals surface area contributed by atoms with Gasteiger partial charge in [0.1, 0.15) is 5.01 Å². The van der Waals surface area contributed by atoms with Gasteiger partial charge in [0, 0.05) is 16.7 Å². The van der Waals surface area contributed by atoms with Crippen LogP contribution in [-0.4, -0.2) is 10.9 Å². The average Bonchev–Trinajstić information content (AvgIpc) is 3.16. The van der Waals surface area contributed by atoms with Gasteiger partial charge < -0.3 is 0 Å². The van der Waals surface area contributed by atoms with E-state index in [-0.39, 0.29) is 5.41 Å². The molecule has 0 saturated heterocycles. The molecule has 1 aromatic carbocycles. The third-order valence-corrected chi connectivity index (χ3v) is 5.67. The summed E-state index contributed by atoms with van der Waals surface area (Å²) in [7, 11) is 0. The SMILES string of the molecule is ClCCCc1csc(C2(c3ccccc3)CCCC2)n1. The van der Waals surface area contributed by atoms with Crippen LogP contribution < -0.4 is 0 Å². The zero-order valence-electron chi connectivity index (χ0n) is 11.6. The molecule has 0 N–H and O–H groups in total. The second-order valence-corrected chi connectivity index (χ2v) is 6.83. The van der Waals surface area contributed by atoms with Gasteiger partial charge >= 0.3 is 0 Å². The first-order valence-corrected chi connectivity index (χ1v) is 8.83. The van der Waals surface area contributed by atoms with Crippen molar-refractivity contribution >= 4 is 22.9 Å². The largest absolute Gasteiger partial charge is 0.245 e. The summed E-state index contributed by atoms with van der Waals surface area (Å²) in [5.74, 6) is 0.719. The minimum Gasteiger partial charge on any atom is -0.245 e. The van der Waals surface area contributed by atoms with Crippen molar-refractivity contribution in [2.24, 2.45) is 0 Å². The fourth-order valence-electron chi connectivity index (χ4n) is 3.25. The van der Waals surface area contributed by atoms with Crippen molar-refractivity contribution in [3.05, 3.63) is 52.0 Å². The summed E-state index contributed by atoms with van der Waals surface area (Å²) in [6.07, 6.45) is 7.11. The van der Waals surface area contributed by atoms with Crippen LogP contribution in [0.1, 0.15) is 48.4 Å². The van der Waals surface area contributed by atoms with Crippen LogP contribution in [0.3, 0.4) is 0 Å². The first-order valence-electron chi connectivity index (χ1n) is 7.41. The lowest BCUT2D eigenvalue weighted by atomic mass is 9.79. The van der Waals surface area contributed by atoms with Crippen LogP contribution in [0.2, 0.25) is 0 Å². The van der Waals surface area contributed by atoms with Crippen LogP contribution in [0.5, 0.6) is 0 Å². The Morgan fingerprint density at radius 3 is 2.60 bits per heavy atom. The molecule has 1 saturated carbocycles. The van der Waals surface area contributed by atoms with Gasteiger partial charge in [0.25, 0.3) is 0 Å². The van der Waals surface area contributed by atoms with Crippen LogP contribution in [0.25, 0.3) is 0 Å². The van der Waals surface area contributed by atoms with Gasteiger partial charge in [-0.05, 0) is 31.2 Å². The molecule has 0 unspecified atom stereocenters. The Kier molecular flexibility index (Phi) is 4.42. The number of halogens is 1. The van der Waals surface area contributed by atoms with Crippen molar-refractivity contribution in [2.45, 2.75) is 43.9 Å². The minimum atomic E-state index is 0.172. The van der Waals surface area contributed by atoms with E-state index in [9.17, 15) is 0 Å². The van der Waals surface area contributed by atoms with E-state index in [1.54, 1.807) is 0 Å². The van der Waals surface area contributed by atoms with E-state index < -0.39 is 0 Å². The van der Waals surface area contributed by atoms with Crippen LogP contribution in [0.15, 0.2) is 35.7 Å². The van der Waals surface area contributed by atoms with Crippen LogP contribution in [0, 0.1) is 0 Å². The fraction of sp³-hybridized carbons (Fsp3) is 0.471. The summed E-state index contributed by atoms with van der Waals surface area (Å²) in [6, 6.07) is 10.9. The number of hydrogen-bond donors (Lipinski definition) is 0. The molecule has 1 aromatic heterocycles. The first kappa shape index (κ1) is 14.1. The molecule has 2 aromatic rings. The highest BCUT2D eigenvalue weighted by molar-refractivity contribution is 7.09. The van der Waals surface area contributed by atoms with Crippen molar-refractivity contribution in [1.82, 2.24) is 4.98 Å². The molecular weight excluding hydrogens is 286 g/mol. The summed E-state index contributed by atoms with van der Waals surface area (Å²) < 4.78 is 0. The van der Waals surface area contributed by atoms with Gasteiger partial charge in [-0.3, -0.25) is 0 Å². The predicted molar refractivity (Wildman–Crippen MR) is 86.8 cm³/mol. The molecule has 20 heavy (non-hydrogen) atoms. The quantitative estimate of drug-likeness (QED) is 0.694. The zero-order valence-corrected chi connectivity index (χ0v) is 13.2. The lowest BCUT2D eigenvalue weighted by Gasteiger charge is -2.27. The van der Waals surface area contributed by atoms with E-state index in [1.807, 2.05) is 11.3 Å². The number of alkyl halides is 1. The Balaban J connectivity index is 1.93. The number of thiazole rings is 1. The standard InChI is InChI=1S/C17H20ClNS/c18-12-6-9-15-13-20-16(19-15)17(10-4-5-11-17)14-7-2-1-3-8-14/h1-3,7-8,13H,4-6,9-12H2. The number of benzene rings is 1. The molecule has 1 aliphatic carbocycles. The summed E-state index contributed by atoms with van der Waals surface area (Å²) in [5, 5.41) is 3.54. The third-order valence-electron chi connectivity index (χ3n) is 4.31. The molecule has 1 fully saturated rings. The van der Waals surface area contributed by atoms with E-state index in [0.29, 0.717) is 0 Å². The van der Waals surface area contributed by atoms with E-state index >= 15 is 0 Å². The number of aryl methyl sites for hydroxylation is 1. The lowest BCUT2D eigenvalue weighted by molar-refractivity contribution is 0.530. The zero-order chi connectivity index (χ0) is 13.8. The molecular formula is C17H20ClNS. The van der Waals surface area contributed by atoms with E-state index in [2.05, 4.69) is 35.7 Å². The average molecular weight is 306 g/mol. The monoisotopic (exact) mass is 305 g/mol. The van der Waals surface area contributed by atoms with Gasteiger partial charge in [-0.1, -0.05) is 43.2 Å². The molecule has 0 bridgehead atoms. The maximum Gasteiger partial charge on any atom is 0.103 e. The highest BCUT2D eigenvalue weighted by atomic mass is 35.5. The minimum absolute atomic E-state index is 0.172. The summed E-state index contributed by atoms with van der Waals surface area (Å²) >= 11 is 7.62. The van der Waals surface area contributed by atoms with Gasteiger partial charge in [-0.25, -0.2) is 4.98 Å². The van der Waals surface area contributed by atoms with Crippen molar-refractivity contribution < 1.29 is 0 Å². The lowest BCUT2D eigenvalue weighted by Crippen LogP contribution is -2.23. The molecule has 106 valence electrons. The normalized spacial score (nSPS) is 17.4. The van der Waals surface area contributed by atoms with Crippen LogP contribution >= 0.6 is 22.9 Å². The topological polar surface area (TPSA) is 12.9 Å². The first-order chi connectivity index (χ1) is 9.85. The molecule has 1 nitrogen and oxygen atoms in total. The number of hydrogen-bond acceptors (Lipinski definition) is 2. The van der Waals surface area contributed by atoms with Gasteiger partial charge in [0.2, 0.25) is 0 Å². The highest BCUT2D eigenvalue weighted by Crippen LogP contribution is 2.47. The van der Waals surface area contributed by atoms with Crippen molar-refractivity contribution in [3.8, 4) is 0 Å². The molecule has 3 heteroatoms. The van der Waals surface area contributed by atoms with Crippen molar-refractivity contribution in [3.63, 3.8) is 0 Å². The Labute approximate surface area is 130 Å². The summed E-state index contributed by atoms with van der Waals surface area (Å²) in [6.45, 7) is 0. The van der Waals surface area contributed by atoms with E-state index in [4.69, 9.17) is 16.6 Å². The maximum absolute atomic E-state index is 5.78. The molecule has 3 rings (SSSR count). The molecule has 0 amide bonds. The van der Waals surface area contributed by atoms with E-state index in [0.717, 1.165) is 18.7 Å². The predicted octanol–water partition coefficient (Wildman–Crippen LogP) is 5.17. The Morgan fingerprint density at radius 1 is 1.15 bits per heavy atom. The smallest absolute Gasteiger partial charge is 0.103 e. The summed E-state index contributed by atoms with van der Waals surface area (Å²) in [4.78, 5) is 4.94. The second-order valence-electron chi connectivity index (χ2n) is 5.59. The molecule has 0 radical (unpaired) electrons. The molecule has 0 aliphatic heterocycles. The van der Waals surface area contributed by atoms with Crippen molar-refractivity contribution in [2.75, 3.05) is 5.88 Å². The molecule has 1 heterocycles. The Hall–Kier alpha value is -0.860. The third kappa shape index (κ3) is 2.64. The van der Waals surface area contributed by atoms with Gasteiger partial charge in [0.05, 0.1) is 5.69 Å². The van der Waals surface area contributed by atoms with Gasteiger partial charge in [0.15, 0.2) is 0 Å². The van der Waals surface area contributed by atoms with Crippen LogP contribution in [0.4, 0.5) is 0 Å². The number of rotatable bonds is 5. The fourth-order valence-corrected chi connectivity index (χ4v) is 4.52. The van der Waals surface area contributed by atoms with Gasteiger partial charge in [-0.2, -0.15) is 0 Å². The molecule has 1 aliphatic rings. The molecule has 0 atom stereocenters. The molecule has 0 spiro atoms. The van der Waals surface area contributed by atoms with Crippen molar-refractivity contribution in [1.29, 1.82) is 0 Å². The highest BCUT2D eigenvalue weighted by Gasteiger charge is 2.39. The Bertz CT molecular complexity index is 543. The number of aromatic nitrogens is 1. The second kappa shape index (κ2) is 6.28. The summed E-state index contributed by atoms with van der Waals surface area (Å²) in [5.41, 5.74) is 2.83. The number of nitrogens with zero attached hydrogens (tertiary/aromatic N) is 1. The van der Waals surface area contributed by atoms with E-state index in [1.165, 1.54) is 41.9 Å². The Morgan fingerprint density at radius 2 is 1.90 bits per heavy atom. The maximum atomic E-state index is 5.78. The van der Waals surface area contributed by atoms with Crippen LogP contribution in [-0.2, 0) is 11.8 Å².